The third-order valence-electron chi connectivity index (χ3n) is 1.50. The van der Waals surface area contributed by atoms with Crippen molar-refractivity contribution in [3.05, 3.63) is 45.3 Å². The van der Waals surface area contributed by atoms with Gasteiger partial charge in [-0.25, -0.2) is 0 Å². The lowest BCUT2D eigenvalue weighted by atomic mass is 10.2. The van der Waals surface area contributed by atoms with Gasteiger partial charge in [0.05, 0.1) is 9.40 Å². The van der Waals surface area contributed by atoms with E-state index in [0.717, 1.165) is 5.56 Å². The van der Waals surface area contributed by atoms with E-state index in [1.165, 1.54) is 6.07 Å². The van der Waals surface area contributed by atoms with Crippen LogP contribution >= 0.6 is 15.9 Å². The van der Waals surface area contributed by atoms with E-state index in [2.05, 4.69) is 22.9 Å². The highest BCUT2D eigenvalue weighted by Gasteiger charge is 2.10. The summed E-state index contributed by atoms with van der Waals surface area (Å²) in [5, 5.41) is 10.4. The fraction of sp³-hybridized carbons (Fsp3) is 0.125. The Labute approximate surface area is 78.7 Å². The minimum Gasteiger partial charge on any atom is -0.258 e. The lowest BCUT2D eigenvalue weighted by molar-refractivity contribution is -0.385. The molecule has 1 rings (SSSR count). The summed E-state index contributed by atoms with van der Waals surface area (Å²) in [5.41, 5.74) is 1.07. The normalized spacial score (nSPS) is 9.83. The molecular weight excluding hydrogens is 222 g/mol. The number of hydrogen-bond acceptors (Lipinski definition) is 2. The molecule has 0 aromatic heterocycles. The van der Waals surface area contributed by atoms with E-state index < -0.39 is 4.92 Å². The van der Waals surface area contributed by atoms with E-state index in [9.17, 15) is 10.1 Å². The van der Waals surface area contributed by atoms with Crippen LogP contribution in [0.4, 0.5) is 5.69 Å². The smallest absolute Gasteiger partial charge is 0.258 e. The predicted octanol–water partition coefficient (Wildman–Crippen LogP) is 2.73. The van der Waals surface area contributed by atoms with Crippen molar-refractivity contribution in [2.24, 2.45) is 0 Å². The minimum absolute atomic E-state index is 0.0900. The second-order valence-electron chi connectivity index (χ2n) is 2.29. The molecule has 0 amide bonds. The third-order valence-corrected chi connectivity index (χ3v) is 2.13. The summed E-state index contributed by atoms with van der Waals surface area (Å²) in [6.07, 6.45) is 0.636. The van der Waals surface area contributed by atoms with Crippen molar-refractivity contribution in [3.63, 3.8) is 0 Å². The van der Waals surface area contributed by atoms with Crippen LogP contribution in [0.25, 0.3) is 0 Å². The Morgan fingerprint density at radius 3 is 2.67 bits per heavy atom. The number of rotatable bonds is 2. The number of halogens is 1. The maximum atomic E-state index is 10.4. The molecule has 63 valence electrons. The molecule has 0 aliphatic rings. The Kier molecular flexibility index (Phi) is 2.81. The second-order valence-corrected chi connectivity index (χ2v) is 3.15. The average Bonchev–Trinajstić information content (AvgIpc) is 2.03. The highest BCUT2D eigenvalue weighted by atomic mass is 79.9. The first kappa shape index (κ1) is 9.19. The molecule has 0 aliphatic heterocycles. The Bertz CT molecular complexity index is 312. The van der Waals surface area contributed by atoms with Crippen molar-refractivity contribution in [1.29, 1.82) is 0 Å². The Morgan fingerprint density at radius 2 is 2.25 bits per heavy atom. The third kappa shape index (κ3) is 1.82. The average molecular weight is 229 g/mol. The Hall–Kier alpha value is -0.900. The first-order valence-corrected chi connectivity index (χ1v) is 4.16. The first-order chi connectivity index (χ1) is 5.65. The lowest BCUT2D eigenvalue weighted by Crippen LogP contribution is -1.90. The van der Waals surface area contributed by atoms with Crippen molar-refractivity contribution in [2.75, 3.05) is 0 Å². The molecule has 0 unspecified atom stereocenters. The number of hydrogen-bond donors (Lipinski definition) is 0. The molecule has 3 nitrogen and oxygen atoms in total. The minimum atomic E-state index is -0.420. The van der Waals surface area contributed by atoms with Gasteiger partial charge in [-0.3, -0.25) is 10.1 Å². The van der Waals surface area contributed by atoms with E-state index in [4.69, 9.17) is 0 Å². The largest absolute Gasteiger partial charge is 0.283 e. The van der Waals surface area contributed by atoms with Crippen LogP contribution < -0.4 is 0 Å². The number of nitro benzene ring substituents is 1. The zero-order valence-electron chi connectivity index (χ0n) is 6.29. The van der Waals surface area contributed by atoms with Gasteiger partial charge in [0.15, 0.2) is 0 Å². The predicted molar refractivity (Wildman–Crippen MR) is 49.9 cm³/mol. The van der Waals surface area contributed by atoms with Crippen LogP contribution in [0.1, 0.15) is 5.56 Å². The first-order valence-electron chi connectivity index (χ1n) is 3.37. The standard InChI is InChI=1S/C8H7BrNO2/c1-2-6-3-4-8(10(11)12)7(9)5-6/h3-5H,1-2H2. The molecule has 0 bridgehead atoms. The van der Waals surface area contributed by atoms with Crippen molar-refractivity contribution < 1.29 is 4.92 Å². The molecule has 0 aliphatic carbocycles. The van der Waals surface area contributed by atoms with E-state index >= 15 is 0 Å². The zero-order valence-corrected chi connectivity index (χ0v) is 7.87. The molecule has 1 radical (unpaired) electrons. The summed E-state index contributed by atoms with van der Waals surface area (Å²) in [7, 11) is 0. The zero-order chi connectivity index (χ0) is 9.14. The van der Waals surface area contributed by atoms with Crippen LogP contribution in [-0.4, -0.2) is 4.92 Å². The molecule has 0 atom stereocenters. The number of benzene rings is 1. The Balaban J connectivity index is 3.12. The monoisotopic (exact) mass is 228 g/mol. The number of nitro groups is 1. The van der Waals surface area contributed by atoms with Gasteiger partial charge in [0.2, 0.25) is 0 Å². The van der Waals surface area contributed by atoms with Crippen molar-refractivity contribution >= 4 is 21.6 Å². The van der Waals surface area contributed by atoms with Crippen LogP contribution in [0.5, 0.6) is 0 Å². The van der Waals surface area contributed by atoms with Crippen molar-refractivity contribution in [1.82, 2.24) is 0 Å². The highest BCUT2D eigenvalue weighted by Crippen LogP contribution is 2.25. The number of nitrogens with zero attached hydrogens (tertiary/aromatic N) is 1. The van der Waals surface area contributed by atoms with Gasteiger partial charge >= 0.3 is 0 Å². The molecule has 0 saturated carbocycles. The summed E-state index contributed by atoms with van der Waals surface area (Å²) in [4.78, 5) is 9.96. The van der Waals surface area contributed by atoms with E-state index in [-0.39, 0.29) is 5.69 Å². The second kappa shape index (κ2) is 3.67. The van der Waals surface area contributed by atoms with E-state index in [1.807, 2.05) is 0 Å². The molecule has 0 fully saturated rings. The fourth-order valence-corrected chi connectivity index (χ4v) is 1.42. The van der Waals surface area contributed by atoms with Gasteiger partial charge in [-0.05, 0) is 40.9 Å². The molecule has 0 spiro atoms. The molecule has 12 heavy (non-hydrogen) atoms. The van der Waals surface area contributed by atoms with Gasteiger partial charge in [-0.1, -0.05) is 6.07 Å². The van der Waals surface area contributed by atoms with Gasteiger partial charge in [0.1, 0.15) is 0 Å². The molecule has 0 N–H and O–H groups in total. The maximum absolute atomic E-state index is 10.4. The van der Waals surface area contributed by atoms with Crippen molar-refractivity contribution in [2.45, 2.75) is 6.42 Å². The maximum Gasteiger partial charge on any atom is 0.283 e. The summed E-state index contributed by atoms with van der Waals surface area (Å²) < 4.78 is 0.508. The summed E-state index contributed by atoms with van der Waals surface area (Å²) in [6.45, 7) is 3.68. The molecule has 1 aromatic rings. The molecule has 0 saturated heterocycles. The fourth-order valence-electron chi connectivity index (χ4n) is 0.854. The van der Waals surface area contributed by atoms with Gasteiger partial charge < -0.3 is 0 Å². The van der Waals surface area contributed by atoms with Crippen LogP contribution in [0.3, 0.4) is 0 Å². The molecule has 4 heteroatoms. The van der Waals surface area contributed by atoms with Crippen LogP contribution in [-0.2, 0) is 6.42 Å². The quantitative estimate of drug-likeness (QED) is 0.578. The summed E-state index contributed by atoms with van der Waals surface area (Å²) in [5.74, 6) is 0. The van der Waals surface area contributed by atoms with Crippen LogP contribution in [0, 0.1) is 17.0 Å². The van der Waals surface area contributed by atoms with Gasteiger partial charge in [-0.2, -0.15) is 0 Å². The van der Waals surface area contributed by atoms with E-state index in [0.29, 0.717) is 10.9 Å². The van der Waals surface area contributed by atoms with Gasteiger partial charge in [0.25, 0.3) is 5.69 Å². The highest BCUT2D eigenvalue weighted by molar-refractivity contribution is 9.10. The SMILES string of the molecule is [CH2]Cc1ccc([N+](=O)[O-])c(Br)c1. The molecule has 1 aromatic carbocycles. The molecule has 0 heterocycles. The van der Waals surface area contributed by atoms with Crippen LogP contribution in [0.15, 0.2) is 22.7 Å². The summed E-state index contributed by atoms with van der Waals surface area (Å²) in [6, 6.07) is 4.89. The molecular formula is C8H7BrNO2. The van der Waals surface area contributed by atoms with E-state index in [1.54, 1.807) is 12.1 Å². The lowest BCUT2D eigenvalue weighted by Gasteiger charge is -1.97. The summed E-state index contributed by atoms with van der Waals surface area (Å²) >= 11 is 3.12. The topological polar surface area (TPSA) is 43.1 Å². The Morgan fingerprint density at radius 1 is 1.58 bits per heavy atom. The van der Waals surface area contributed by atoms with Crippen LogP contribution in [0.2, 0.25) is 0 Å². The van der Waals surface area contributed by atoms with Crippen molar-refractivity contribution in [3.8, 4) is 0 Å². The van der Waals surface area contributed by atoms with Gasteiger partial charge in [-0.15, -0.1) is 0 Å². The van der Waals surface area contributed by atoms with Gasteiger partial charge in [0, 0.05) is 6.07 Å².